The Morgan fingerprint density at radius 3 is 2.23 bits per heavy atom. The molecule has 1 amide bonds. The molecule has 0 saturated carbocycles. The molecule has 0 atom stereocenters. The van der Waals surface area contributed by atoms with Gasteiger partial charge in [-0.15, -0.1) is 18.7 Å². The van der Waals surface area contributed by atoms with Crippen molar-refractivity contribution in [3.63, 3.8) is 0 Å². The Morgan fingerprint density at radius 2 is 1.60 bits per heavy atom. The Hall–Kier alpha value is -0.467. The average molecular weight is 902 g/mol. The van der Waals surface area contributed by atoms with E-state index in [2.05, 4.69) is 70.9 Å². The van der Waals surface area contributed by atoms with E-state index in [0.29, 0.717) is 52.5 Å². The van der Waals surface area contributed by atoms with Crippen LogP contribution in [-0.2, 0) is 50.7 Å². The largest absolute Gasteiger partial charge is 1.00 e. The van der Waals surface area contributed by atoms with Crippen molar-refractivity contribution in [3.05, 3.63) is 89.7 Å². The molecular weight excluding hydrogens is 850 g/mol. The first-order valence-corrected chi connectivity index (χ1v) is 20.0. The number of fused-ring (bicyclic) bond motifs is 2. The Kier molecular flexibility index (Phi) is 27.2. The molecule has 2 heterocycles. The molecule has 0 bridgehead atoms. The summed E-state index contributed by atoms with van der Waals surface area (Å²) in [5.41, 5.74) is 5.59. The molecule has 0 spiro atoms. The molecule has 19 heteroatoms. The van der Waals surface area contributed by atoms with Crippen molar-refractivity contribution in [2.45, 2.75) is 69.1 Å². The number of amides is 1. The van der Waals surface area contributed by atoms with E-state index in [1.807, 2.05) is 38.1 Å². The summed E-state index contributed by atoms with van der Waals surface area (Å²) in [4.78, 5) is 18.7. The van der Waals surface area contributed by atoms with Gasteiger partial charge in [-0.2, -0.15) is 18.2 Å². The minimum absolute atomic E-state index is 0. The van der Waals surface area contributed by atoms with Crippen LogP contribution < -0.4 is 131 Å². The number of ether oxygens (including phenoxy) is 2. The third-order valence-electron chi connectivity index (χ3n) is 9.33. The first-order chi connectivity index (χ1) is 25.5. The van der Waals surface area contributed by atoms with Gasteiger partial charge in [0, 0.05) is 47.8 Å². The van der Waals surface area contributed by atoms with Crippen LogP contribution in [-0.4, -0.2) is 95.0 Å². The fraction of sp³-hybridized carbons (Fsp3) is 0.474. The summed E-state index contributed by atoms with van der Waals surface area (Å²) in [6.07, 6.45) is 13.0. The van der Waals surface area contributed by atoms with Gasteiger partial charge in [-0.25, -0.2) is 18.9 Å². The van der Waals surface area contributed by atoms with Crippen molar-refractivity contribution in [1.29, 1.82) is 0 Å². The number of allylic oxidation sites excluding steroid dienone is 6. The third kappa shape index (κ3) is 17.1. The number of hydrogen-bond donors (Lipinski definition) is 2. The second-order valence-corrected chi connectivity index (χ2v) is 15.5. The fourth-order valence-electron chi connectivity index (χ4n) is 6.64. The molecule has 2 aromatic rings. The molecule has 0 saturated heterocycles. The second kappa shape index (κ2) is 27.5. The monoisotopic (exact) mass is 900 g/mol. The second-order valence-electron chi connectivity index (χ2n) is 13.7. The van der Waals surface area contributed by atoms with Crippen LogP contribution >= 0.6 is 0 Å². The predicted molar refractivity (Wildman–Crippen MR) is 203 cm³/mol. The number of nitrogens with zero attached hydrogens (tertiary/aromatic N) is 2. The van der Waals surface area contributed by atoms with Crippen molar-refractivity contribution in [2.75, 3.05) is 58.1 Å². The van der Waals surface area contributed by atoms with Gasteiger partial charge in [-0.1, -0.05) is 57.9 Å². The van der Waals surface area contributed by atoms with E-state index in [1.165, 1.54) is 29.1 Å². The number of rotatable bonds is 19. The molecule has 4 rings (SSSR count). The molecule has 2 aliphatic rings. The van der Waals surface area contributed by atoms with Crippen LogP contribution in [0.4, 0.5) is 11.4 Å². The van der Waals surface area contributed by atoms with Crippen LogP contribution in [0.3, 0.4) is 0 Å². The molecule has 0 radical (unpaired) electrons. The number of nitrogens with two attached hydrogens (primary N) is 1. The van der Waals surface area contributed by atoms with Crippen molar-refractivity contribution in [1.82, 2.24) is 5.32 Å². The van der Waals surface area contributed by atoms with Crippen molar-refractivity contribution in [2.24, 2.45) is 5.90 Å². The molecular formula is C38H51ClK2N4O10S2. The zero-order valence-corrected chi connectivity index (χ0v) is 42.5. The normalized spacial score (nSPS) is 15.6. The molecule has 2 aliphatic heterocycles. The molecule has 14 nitrogen and oxygen atoms in total. The van der Waals surface area contributed by atoms with Gasteiger partial charge in [0.25, 0.3) is 0 Å². The number of carbonyl (C=O) groups excluding carboxylic acids is 1. The molecule has 304 valence electrons. The minimum Gasteiger partial charge on any atom is -1.00 e. The summed E-state index contributed by atoms with van der Waals surface area (Å²) in [7, 11) is -5.64. The van der Waals surface area contributed by atoms with E-state index >= 15 is 0 Å². The van der Waals surface area contributed by atoms with E-state index in [1.54, 1.807) is 6.07 Å². The van der Waals surface area contributed by atoms with Crippen LogP contribution in [0.1, 0.15) is 64.5 Å². The number of halogens is 1. The third-order valence-corrected chi connectivity index (χ3v) is 10.2. The smallest absolute Gasteiger partial charge is 1.00 e. The van der Waals surface area contributed by atoms with Gasteiger partial charge in [-0.3, -0.25) is 4.79 Å². The van der Waals surface area contributed by atoms with E-state index < -0.39 is 26.1 Å². The number of unbranched alkanes of at least 4 members (excludes halogenated alkanes) is 2. The molecule has 0 fully saturated rings. The number of anilines is 1. The van der Waals surface area contributed by atoms with Gasteiger partial charge < -0.3 is 41.5 Å². The molecule has 57 heavy (non-hydrogen) atoms. The van der Waals surface area contributed by atoms with Gasteiger partial charge in [0.15, 0.2) is 5.71 Å². The van der Waals surface area contributed by atoms with Crippen LogP contribution in [0.2, 0.25) is 0 Å². The Bertz CT molecular complexity index is 1970. The zero-order valence-electron chi connectivity index (χ0n) is 33.9. The first kappa shape index (κ1) is 56.5. The Morgan fingerprint density at radius 1 is 0.947 bits per heavy atom. The zero-order chi connectivity index (χ0) is 39.9. The van der Waals surface area contributed by atoms with E-state index in [0.717, 1.165) is 36.2 Å². The van der Waals surface area contributed by atoms with Crippen LogP contribution in [0.5, 0.6) is 0 Å². The van der Waals surface area contributed by atoms with Crippen molar-refractivity contribution in [3.8, 4) is 0 Å². The van der Waals surface area contributed by atoms with Gasteiger partial charge >= 0.3 is 113 Å². The van der Waals surface area contributed by atoms with Crippen molar-refractivity contribution < 1.29 is 164 Å². The SMILES string of the molecule is C[N+]1=C(C=CC=CC=C2N(CCCCCC(=O)NCCOCCOCCON)c3ccc(S(=O)(=O)[O-])cc3C2(C)C)C(C)(C)c2c[c-]ccc21.O=S(=O)=O.[Cl-].[K+].[K+]. The number of nitrogens with one attached hydrogen (secondary N) is 1. The summed E-state index contributed by atoms with van der Waals surface area (Å²) >= 11 is 0. The van der Waals surface area contributed by atoms with Gasteiger partial charge in [0.05, 0.1) is 37.9 Å². The van der Waals surface area contributed by atoms with Crippen LogP contribution in [0.15, 0.2) is 77.4 Å². The molecule has 0 aliphatic carbocycles. The van der Waals surface area contributed by atoms with E-state index in [4.69, 9.17) is 28.0 Å². The Balaban J connectivity index is 0.00000427. The number of carbonyl (C=O) groups is 1. The predicted octanol–water partition coefficient (Wildman–Crippen LogP) is -5.20. The molecule has 0 aromatic heterocycles. The summed E-state index contributed by atoms with van der Waals surface area (Å²) in [6.45, 7) is 11.6. The number of hydrogen-bond acceptors (Lipinski definition) is 12. The maximum atomic E-state index is 12.3. The van der Waals surface area contributed by atoms with E-state index in [9.17, 15) is 17.8 Å². The van der Waals surface area contributed by atoms with Gasteiger partial charge in [0.1, 0.15) is 22.9 Å². The summed E-state index contributed by atoms with van der Waals surface area (Å²) in [5.74, 6) is 4.92. The van der Waals surface area contributed by atoms with Crippen LogP contribution in [0, 0.1) is 6.07 Å². The molecule has 3 N–H and O–H groups in total. The average Bonchev–Trinajstić information content (AvgIpc) is 3.44. The fourth-order valence-corrected chi connectivity index (χ4v) is 7.14. The summed E-state index contributed by atoms with van der Waals surface area (Å²) in [5, 5.41) is 2.88. The maximum Gasteiger partial charge on any atom is 1.00 e. The van der Waals surface area contributed by atoms with Gasteiger partial charge in [-0.05, 0) is 42.7 Å². The minimum atomic E-state index is -4.60. The summed E-state index contributed by atoms with van der Waals surface area (Å²) < 4.78 is 73.9. The Labute approximate surface area is 430 Å². The van der Waals surface area contributed by atoms with Crippen LogP contribution in [0.25, 0.3) is 0 Å². The number of benzene rings is 2. The van der Waals surface area contributed by atoms with Crippen molar-refractivity contribution >= 4 is 43.7 Å². The van der Waals surface area contributed by atoms with E-state index in [-0.39, 0.29) is 131 Å². The standard InChI is InChI=1S/C38H52N4O7S.ClH.2K.O3S/c1-37(2)30-14-11-12-15-32(30)41(5)34(37)16-8-6-9-17-35-38(3,4)31-28-29(50(44,45)46)19-20-33(31)42(35)22-13-7-10-18-36(43)40-21-23-47-24-25-48-26-27-49-39;;;;1-4(2)3/h6,8-9,12,14-17,19-20,28H,7,10,13,18,21-27,39H2,1-5H3,(H,40,43)(H,44,45,46);1H;;;/q;;2*+1;/p-2. The maximum absolute atomic E-state index is 12.3. The quantitative estimate of drug-likeness (QED) is 0.0259. The topological polar surface area (TPSA) is 197 Å². The first-order valence-electron chi connectivity index (χ1n) is 17.6. The summed E-state index contributed by atoms with van der Waals surface area (Å²) in [6, 6.07) is 13.9. The molecule has 2 aromatic carbocycles. The molecule has 0 unspecified atom stereocenters. The van der Waals surface area contributed by atoms with Gasteiger partial charge in [0.2, 0.25) is 5.91 Å².